The van der Waals surface area contributed by atoms with Gasteiger partial charge in [0.05, 0.1) is 25.6 Å². The van der Waals surface area contributed by atoms with E-state index in [4.69, 9.17) is 9.26 Å². The van der Waals surface area contributed by atoms with Gasteiger partial charge in [0, 0.05) is 16.0 Å². The number of rotatable bonds is 9. The number of carbonyl (C=O) groups is 1. The van der Waals surface area contributed by atoms with Crippen LogP contribution in [0.1, 0.15) is 34.7 Å². The first-order valence-corrected chi connectivity index (χ1v) is 14.8. The second-order valence-corrected chi connectivity index (χ2v) is 11.5. The van der Waals surface area contributed by atoms with E-state index in [0.717, 1.165) is 31.7 Å². The Bertz CT molecular complexity index is 2210. The molecule has 6 rings (SSSR count). The van der Waals surface area contributed by atoms with Crippen LogP contribution >= 0.6 is 11.3 Å². The van der Waals surface area contributed by atoms with Gasteiger partial charge in [0.15, 0.2) is 11.6 Å². The molecular formula is C33H29KN4O6S. The topological polar surface area (TPSA) is 129 Å². The number of nitrogens with zero attached hydrogens (tertiary/aromatic N) is 3. The molecular weight excluding hydrogens is 620 g/mol. The molecule has 0 saturated carbocycles. The number of ether oxygens (including phenoxy) is 1. The molecule has 0 bridgehead atoms. The number of methoxy groups -OCH3 is 1. The number of thiophene rings is 1. The van der Waals surface area contributed by atoms with Crippen molar-refractivity contribution in [1.29, 1.82) is 0 Å². The Hall–Kier alpha value is -3.65. The van der Waals surface area contributed by atoms with E-state index in [2.05, 4.69) is 10.1 Å². The van der Waals surface area contributed by atoms with Crippen molar-refractivity contribution in [3.63, 3.8) is 0 Å². The van der Waals surface area contributed by atoms with Gasteiger partial charge in [-0.25, -0.2) is 9.59 Å². The first-order chi connectivity index (χ1) is 21.3. The Morgan fingerprint density at radius 3 is 2.36 bits per heavy atom. The molecule has 0 radical (unpaired) electrons. The largest absolute Gasteiger partial charge is 1.00 e. The molecule has 45 heavy (non-hydrogen) atoms. The van der Waals surface area contributed by atoms with Crippen molar-refractivity contribution in [3.8, 4) is 28.3 Å². The minimum Gasteiger partial charge on any atom is -1.00 e. The summed E-state index contributed by atoms with van der Waals surface area (Å²) in [7, 11) is 1.54. The van der Waals surface area contributed by atoms with Gasteiger partial charge in [0.2, 0.25) is 0 Å². The molecule has 0 spiro atoms. The van der Waals surface area contributed by atoms with Crippen molar-refractivity contribution in [2.24, 2.45) is 0 Å². The van der Waals surface area contributed by atoms with Gasteiger partial charge >= 0.3 is 62.8 Å². The van der Waals surface area contributed by atoms with Crippen molar-refractivity contribution in [2.75, 3.05) is 7.11 Å². The number of carbonyl (C=O) groups excluding carboxylic acids is 1. The summed E-state index contributed by atoms with van der Waals surface area (Å²) in [6.45, 7) is 3.79. The van der Waals surface area contributed by atoms with Gasteiger partial charge in [0.1, 0.15) is 10.6 Å². The van der Waals surface area contributed by atoms with Crippen molar-refractivity contribution in [1.82, 2.24) is 19.3 Å². The summed E-state index contributed by atoms with van der Waals surface area (Å²) in [6, 6.07) is 21.8. The molecule has 6 aromatic rings. The van der Waals surface area contributed by atoms with Gasteiger partial charge in [-0.1, -0.05) is 54.5 Å². The molecule has 0 amide bonds. The molecule has 0 aliphatic rings. The van der Waals surface area contributed by atoms with Crippen LogP contribution in [0.25, 0.3) is 32.7 Å². The van der Waals surface area contributed by atoms with Crippen LogP contribution in [0.2, 0.25) is 0 Å². The number of aromatic nitrogens is 4. The van der Waals surface area contributed by atoms with Crippen LogP contribution in [0.4, 0.5) is 0 Å². The maximum atomic E-state index is 13.9. The number of Topliss-reactive ketones (excluding diaryl/α,β-unsaturated/α-hetero) is 1. The van der Waals surface area contributed by atoms with E-state index in [1.165, 1.54) is 18.4 Å². The van der Waals surface area contributed by atoms with Gasteiger partial charge < -0.3 is 6.16 Å². The zero-order chi connectivity index (χ0) is 31.0. The van der Waals surface area contributed by atoms with Crippen LogP contribution in [0.5, 0.6) is 5.75 Å². The first-order valence-electron chi connectivity index (χ1n) is 14.0. The molecule has 1 N–H and O–H groups in total. The van der Waals surface area contributed by atoms with Gasteiger partial charge in [-0.3, -0.25) is 28.2 Å². The van der Waals surface area contributed by atoms with Crippen LogP contribution in [0.3, 0.4) is 0 Å². The number of benzene rings is 3. The fraction of sp³-hybridized carbons (Fsp3) is 0.182. The molecule has 224 valence electrons. The summed E-state index contributed by atoms with van der Waals surface area (Å²) in [5.41, 5.74) is 3.63. The fourth-order valence-corrected chi connectivity index (χ4v) is 6.37. The van der Waals surface area contributed by atoms with E-state index >= 15 is 0 Å². The van der Waals surface area contributed by atoms with Crippen molar-refractivity contribution < 1.29 is 66.9 Å². The molecule has 3 heterocycles. The second kappa shape index (κ2) is 13.8. The zero-order valence-electron chi connectivity index (χ0n) is 26.2. The number of hydrogen-bond donors (Lipinski definition) is 1. The van der Waals surface area contributed by atoms with E-state index in [0.29, 0.717) is 39.3 Å². The van der Waals surface area contributed by atoms with Gasteiger partial charge in [-0.05, 0) is 65.9 Å². The Labute approximate surface area is 305 Å². The molecule has 3 aromatic carbocycles. The van der Waals surface area contributed by atoms with Crippen LogP contribution in [0, 0.1) is 6.92 Å². The molecule has 0 aliphatic carbocycles. The molecule has 0 unspecified atom stereocenters. The van der Waals surface area contributed by atoms with Crippen LogP contribution < -0.4 is 73.1 Å². The summed E-state index contributed by atoms with van der Waals surface area (Å²) >= 11 is 1.41. The Balaban J connectivity index is 0.00000240. The average Bonchev–Trinajstić information content (AvgIpc) is 3.68. The SMILES string of the molecule is CCc1cc2c(=O)n(CC(=O)c3ccc(OC)cc3)c(=O)n(Cc3ccc(-c4ccccc4-c4noc(=O)[nH]4)c(C)c3)c2s1.[H-].[K+]. The van der Waals surface area contributed by atoms with Crippen LogP contribution in [0.15, 0.2) is 91.7 Å². The fourth-order valence-electron chi connectivity index (χ4n) is 5.29. The first kappa shape index (κ1) is 32.7. The monoisotopic (exact) mass is 648 g/mol. The van der Waals surface area contributed by atoms with Crippen LogP contribution in [-0.2, 0) is 19.5 Å². The summed E-state index contributed by atoms with van der Waals surface area (Å²) < 4.78 is 12.5. The number of aromatic amines is 1. The number of nitrogens with one attached hydrogen (secondary N) is 1. The number of fused-ring (bicyclic) bond motifs is 1. The summed E-state index contributed by atoms with van der Waals surface area (Å²) in [4.78, 5) is 56.3. The molecule has 0 atom stereocenters. The third-order valence-corrected chi connectivity index (χ3v) is 8.85. The maximum absolute atomic E-state index is 13.9. The summed E-state index contributed by atoms with van der Waals surface area (Å²) in [5.74, 6) is -0.0499. The van der Waals surface area contributed by atoms with E-state index in [9.17, 15) is 19.2 Å². The van der Waals surface area contributed by atoms with Crippen LogP contribution in [-0.4, -0.2) is 32.2 Å². The second-order valence-electron chi connectivity index (χ2n) is 10.3. The number of aryl methyl sites for hydroxylation is 2. The van der Waals surface area contributed by atoms with Gasteiger partial charge in [0.25, 0.3) is 5.56 Å². The molecule has 10 nitrogen and oxygen atoms in total. The minimum absolute atomic E-state index is 0. The Morgan fingerprint density at radius 1 is 0.978 bits per heavy atom. The average molecular weight is 649 g/mol. The standard InChI is InChI=1S/C33H28N4O6S.K.H/c1-4-23-16-27-30(39)36(18-28(38)21-10-12-22(42-3)13-11-21)33(41)37(31(27)44-23)17-20-9-14-24(19(2)15-20)25-7-5-6-8-26(25)29-34-32(40)43-35-29;;/h5-16H,4,17-18H2,1-3H3,(H,34,35,40);;/q;+1;-1. The summed E-state index contributed by atoms with van der Waals surface area (Å²) in [6.07, 6.45) is 0.710. The smallest absolute Gasteiger partial charge is 1.00 e. The number of ketones is 1. The zero-order valence-corrected chi connectivity index (χ0v) is 29.2. The van der Waals surface area contributed by atoms with Crippen molar-refractivity contribution in [3.05, 3.63) is 126 Å². The minimum atomic E-state index is -0.634. The quantitative estimate of drug-likeness (QED) is 0.188. The maximum Gasteiger partial charge on any atom is 1.00 e. The molecule has 12 heteroatoms. The van der Waals surface area contributed by atoms with E-state index in [1.807, 2.05) is 62.4 Å². The van der Waals surface area contributed by atoms with Crippen molar-refractivity contribution in [2.45, 2.75) is 33.4 Å². The third kappa shape index (κ3) is 6.53. The van der Waals surface area contributed by atoms with E-state index in [1.54, 1.807) is 28.8 Å². The molecule has 3 aromatic heterocycles. The number of hydrogen-bond acceptors (Lipinski definition) is 8. The van der Waals surface area contributed by atoms with E-state index < -0.39 is 17.0 Å². The molecule has 0 aliphatic heterocycles. The number of H-pyrrole nitrogens is 1. The third-order valence-electron chi connectivity index (χ3n) is 7.55. The predicted molar refractivity (Wildman–Crippen MR) is 170 cm³/mol. The molecule has 0 saturated heterocycles. The van der Waals surface area contributed by atoms with Crippen molar-refractivity contribution >= 4 is 27.3 Å². The summed E-state index contributed by atoms with van der Waals surface area (Å²) in [5, 5.41) is 4.26. The molecule has 0 fully saturated rings. The Morgan fingerprint density at radius 2 is 1.71 bits per heavy atom. The normalized spacial score (nSPS) is 11.0. The predicted octanol–water partition coefficient (Wildman–Crippen LogP) is 2.16. The van der Waals surface area contributed by atoms with E-state index in [-0.39, 0.29) is 71.7 Å². The Kier molecular flexibility index (Phi) is 10.0. The van der Waals surface area contributed by atoms with Gasteiger partial charge in [-0.2, -0.15) is 0 Å². The van der Waals surface area contributed by atoms with Gasteiger partial charge in [-0.15, -0.1) is 11.3 Å².